The van der Waals surface area contributed by atoms with Crippen LogP contribution in [-0.4, -0.2) is 22.2 Å². The zero-order valence-electron chi connectivity index (χ0n) is 7.29. The first-order valence-electron chi connectivity index (χ1n) is 3.83. The Hall–Kier alpha value is 0.310. The van der Waals surface area contributed by atoms with Gasteiger partial charge in [0, 0.05) is 5.25 Å². The van der Waals surface area contributed by atoms with E-state index < -0.39 is 0 Å². The van der Waals surface area contributed by atoms with Gasteiger partial charge < -0.3 is 5.11 Å². The van der Waals surface area contributed by atoms with Crippen molar-refractivity contribution in [3.05, 3.63) is 0 Å². The molecule has 0 rings (SSSR count). The number of aliphatic hydroxyl groups excluding tert-OH is 1. The Morgan fingerprint density at radius 1 is 1.20 bits per heavy atom. The second kappa shape index (κ2) is 5.03. The summed E-state index contributed by atoms with van der Waals surface area (Å²) in [4.78, 5) is 0. The van der Waals surface area contributed by atoms with Gasteiger partial charge in [0.25, 0.3) is 0 Å². The molecule has 0 radical (unpaired) electrons. The molecule has 1 nitrogen and oxygen atoms in total. The van der Waals surface area contributed by atoms with Gasteiger partial charge in [0.15, 0.2) is 0 Å². The van der Waals surface area contributed by atoms with Crippen molar-refractivity contribution in [2.75, 3.05) is 5.75 Å². The quantitative estimate of drug-likeness (QED) is 0.683. The zero-order chi connectivity index (χ0) is 8.15. The first kappa shape index (κ1) is 10.3. The Kier molecular flexibility index (Phi) is 5.18. The van der Waals surface area contributed by atoms with E-state index in [1.165, 1.54) is 0 Å². The highest BCUT2D eigenvalue weighted by atomic mass is 32.2. The van der Waals surface area contributed by atoms with E-state index in [0.717, 1.165) is 11.7 Å². The molecule has 2 unspecified atom stereocenters. The Morgan fingerprint density at radius 3 is 2.00 bits per heavy atom. The third-order valence-corrected chi connectivity index (χ3v) is 3.15. The van der Waals surface area contributed by atoms with E-state index in [1.807, 2.05) is 18.7 Å². The third-order valence-electron chi connectivity index (χ3n) is 1.37. The normalized spacial score (nSPS) is 17.4. The van der Waals surface area contributed by atoms with Gasteiger partial charge in [-0.15, -0.1) is 0 Å². The second-order valence-electron chi connectivity index (χ2n) is 3.17. The van der Waals surface area contributed by atoms with Gasteiger partial charge in [0.05, 0.1) is 6.10 Å². The van der Waals surface area contributed by atoms with E-state index in [2.05, 4.69) is 20.8 Å². The predicted molar refractivity (Wildman–Crippen MR) is 48.4 cm³/mol. The fourth-order valence-corrected chi connectivity index (χ4v) is 1.45. The van der Waals surface area contributed by atoms with Crippen molar-refractivity contribution in [2.45, 2.75) is 39.0 Å². The van der Waals surface area contributed by atoms with Gasteiger partial charge in [-0.25, -0.2) is 0 Å². The van der Waals surface area contributed by atoms with Gasteiger partial charge in [-0.2, -0.15) is 11.8 Å². The van der Waals surface area contributed by atoms with Crippen LogP contribution >= 0.6 is 11.8 Å². The number of thioether (sulfide) groups is 1. The SMILES string of the molecule is CC(C)CSC(C)C(C)O. The molecule has 0 aromatic heterocycles. The molecule has 0 aliphatic rings. The lowest BCUT2D eigenvalue weighted by molar-refractivity contribution is 0.196. The van der Waals surface area contributed by atoms with Crippen LogP contribution in [0.2, 0.25) is 0 Å². The van der Waals surface area contributed by atoms with Crippen molar-refractivity contribution in [2.24, 2.45) is 5.92 Å². The molecule has 10 heavy (non-hydrogen) atoms. The lowest BCUT2D eigenvalue weighted by atomic mass is 10.3. The van der Waals surface area contributed by atoms with Crippen LogP contribution < -0.4 is 0 Å². The van der Waals surface area contributed by atoms with Crippen molar-refractivity contribution < 1.29 is 5.11 Å². The maximum Gasteiger partial charge on any atom is 0.0627 e. The highest BCUT2D eigenvalue weighted by Crippen LogP contribution is 2.16. The average molecular weight is 162 g/mol. The molecule has 2 heteroatoms. The van der Waals surface area contributed by atoms with Crippen LogP contribution in [0, 0.1) is 5.92 Å². The molecule has 1 N–H and O–H groups in total. The molecule has 0 saturated heterocycles. The molecule has 0 aliphatic heterocycles. The molecular weight excluding hydrogens is 144 g/mol. The predicted octanol–water partition coefficient (Wildman–Crippen LogP) is 2.14. The fraction of sp³-hybridized carbons (Fsp3) is 1.00. The van der Waals surface area contributed by atoms with Gasteiger partial charge >= 0.3 is 0 Å². The summed E-state index contributed by atoms with van der Waals surface area (Å²) >= 11 is 1.84. The van der Waals surface area contributed by atoms with Crippen LogP contribution in [0.3, 0.4) is 0 Å². The molecule has 0 saturated carbocycles. The number of hydrogen-bond donors (Lipinski definition) is 1. The summed E-state index contributed by atoms with van der Waals surface area (Å²) in [6.45, 7) is 8.30. The summed E-state index contributed by atoms with van der Waals surface area (Å²) in [5.74, 6) is 1.87. The van der Waals surface area contributed by atoms with Crippen LogP contribution in [0.15, 0.2) is 0 Å². The highest BCUT2D eigenvalue weighted by molar-refractivity contribution is 7.99. The molecule has 0 aromatic rings. The van der Waals surface area contributed by atoms with E-state index in [9.17, 15) is 0 Å². The van der Waals surface area contributed by atoms with E-state index in [1.54, 1.807) is 0 Å². The second-order valence-corrected chi connectivity index (χ2v) is 4.58. The average Bonchev–Trinajstić information content (AvgIpc) is 1.82. The van der Waals surface area contributed by atoms with E-state index in [-0.39, 0.29) is 6.10 Å². The molecule has 0 fully saturated rings. The first-order valence-corrected chi connectivity index (χ1v) is 4.88. The summed E-state index contributed by atoms with van der Waals surface area (Å²) in [6, 6.07) is 0. The molecule has 0 aromatic carbocycles. The molecule has 62 valence electrons. The maximum absolute atomic E-state index is 9.11. The standard InChI is InChI=1S/C8H18OS/c1-6(2)5-10-8(4)7(3)9/h6-9H,5H2,1-4H3. The van der Waals surface area contributed by atoms with Gasteiger partial charge in [-0.1, -0.05) is 20.8 Å². The number of hydrogen-bond acceptors (Lipinski definition) is 2. The number of aliphatic hydroxyl groups is 1. The Bertz CT molecular complexity index is 81.3. The van der Waals surface area contributed by atoms with Crippen LogP contribution in [0.25, 0.3) is 0 Å². The summed E-state index contributed by atoms with van der Waals surface area (Å²) in [6.07, 6.45) is -0.177. The summed E-state index contributed by atoms with van der Waals surface area (Å²) in [7, 11) is 0. The van der Waals surface area contributed by atoms with Crippen molar-refractivity contribution in [1.82, 2.24) is 0 Å². The maximum atomic E-state index is 9.11. The molecule has 2 atom stereocenters. The molecule has 0 amide bonds. The number of rotatable bonds is 4. The summed E-state index contributed by atoms with van der Waals surface area (Å²) in [5.41, 5.74) is 0. The molecule has 0 bridgehead atoms. The summed E-state index contributed by atoms with van der Waals surface area (Å²) in [5, 5.41) is 9.49. The molecule has 0 spiro atoms. The smallest absolute Gasteiger partial charge is 0.0627 e. The molecular formula is C8H18OS. The van der Waals surface area contributed by atoms with Crippen molar-refractivity contribution in [3.63, 3.8) is 0 Å². The minimum Gasteiger partial charge on any atom is -0.392 e. The largest absolute Gasteiger partial charge is 0.392 e. The highest BCUT2D eigenvalue weighted by Gasteiger charge is 2.08. The summed E-state index contributed by atoms with van der Waals surface area (Å²) < 4.78 is 0. The van der Waals surface area contributed by atoms with Crippen molar-refractivity contribution >= 4 is 11.8 Å². The fourth-order valence-electron chi connectivity index (χ4n) is 0.483. The minimum absolute atomic E-state index is 0.177. The van der Waals surface area contributed by atoms with Gasteiger partial charge in [0.1, 0.15) is 0 Å². The molecule has 0 heterocycles. The monoisotopic (exact) mass is 162 g/mol. The van der Waals surface area contributed by atoms with E-state index in [0.29, 0.717) is 5.25 Å². The lowest BCUT2D eigenvalue weighted by Crippen LogP contribution is -2.16. The Labute approximate surface area is 68.2 Å². The third kappa shape index (κ3) is 5.12. The Balaban J connectivity index is 3.30. The Morgan fingerprint density at radius 2 is 1.70 bits per heavy atom. The first-order chi connectivity index (χ1) is 4.54. The van der Waals surface area contributed by atoms with Crippen molar-refractivity contribution in [3.8, 4) is 0 Å². The van der Waals surface area contributed by atoms with Gasteiger partial charge in [0.2, 0.25) is 0 Å². The van der Waals surface area contributed by atoms with Crippen LogP contribution in [0.4, 0.5) is 0 Å². The molecule has 0 aliphatic carbocycles. The lowest BCUT2D eigenvalue weighted by Gasteiger charge is -2.14. The van der Waals surface area contributed by atoms with Crippen molar-refractivity contribution in [1.29, 1.82) is 0 Å². The van der Waals surface area contributed by atoms with Crippen LogP contribution in [0.5, 0.6) is 0 Å². The van der Waals surface area contributed by atoms with Crippen LogP contribution in [0.1, 0.15) is 27.7 Å². The van der Waals surface area contributed by atoms with Crippen LogP contribution in [-0.2, 0) is 0 Å². The van der Waals surface area contributed by atoms with Gasteiger partial charge in [-0.05, 0) is 18.6 Å². The zero-order valence-corrected chi connectivity index (χ0v) is 8.11. The van der Waals surface area contributed by atoms with E-state index >= 15 is 0 Å². The van der Waals surface area contributed by atoms with Gasteiger partial charge in [-0.3, -0.25) is 0 Å². The topological polar surface area (TPSA) is 20.2 Å². The minimum atomic E-state index is -0.177. The van der Waals surface area contributed by atoms with E-state index in [4.69, 9.17) is 5.11 Å².